The van der Waals surface area contributed by atoms with Gasteiger partial charge in [-0.3, -0.25) is 4.99 Å². The molecule has 1 aromatic rings. The first-order chi connectivity index (χ1) is 6.38. The van der Waals surface area contributed by atoms with Gasteiger partial charge < -0.3 is 0 Å². The van der Waals surface area contributed by atoms with Crippen LogP contribution in [0.15, 0.2) is 29.3 Å². The van der Waals surface area contributed by atoms with E-state index in [2.05, 4.69) is 42.4 Å². The normalized spacial score (nSPS) is 21.8. The molecular weight excluding hydrogens is 158 g/mol. The standard InChI is InChI=1S/C12H15N/c1-10-6-2-3-7-11(10)12-8-4-5-9-13-12/h2-3,6-7,9,12H,4-5,8H2,1H3. The Morgan fingerprint density at radius 1 is 1.31 bits per heavy atom. The van der Waals surface area contributed by atoms with Crippen molar-refractivity contribution in [1.29, 1.82) is 0 Å². The van der Waals surface area contributed by atoms with Gasteiger partial charge in [0.2, 0.25) is 0 Å². The van der Waals surface area contributed by atoms with Gasteiger partial charge in [-0.05, 0) is 43.5 Å². The fourth-order valence-electron chi connectivity index (χ4n) is 1.88. The quantitative estimate of drug-likeness (QED) is 0.618. The Morgan fingerprint density at radius 2 is 2.15 bits per heavy atom. The van der Waals surface area contributed by atoms with Gasteiger partial charge in [-0.2, -0.15) is 0 Å². The number of aliphatic imine (C=N–C) groups is 1. The van der Waals surface area contributed by atoms with E-state index in [-0.39, 0.29) is 0 Å². The van der Waals surface area contributed by atoms with Crippen molar-refractivity contribution in [3.63, 3.8) is 0 Å². The van der Waals surface area contributed by atoms with Gasteiger partial charge in [0.15, 0.2) is 0 Å². The van der Waals surface area contributed by atoms with Crippen LogP contribution in [0.3, 0.4) is 0 Å². The fraction of sp³-hybridized carbons (Fsp3) is 0.417. The fourth-order valence-corrected chi connectivity index (χ4v) is 1.88. The highest BCUT2D eigenvalue weighted by Crippen LogP contribution is 2.28. The van der Waals surface area contributed by atoms with Gasteiger partial charge in [0.05, 0.1) is 6.04 Å². The van der Waals surface area contributed by atoms with Gasteiger partial charge in [0, 0.05) is 0 Å². The van der Waals surface area contributed by atoms with Crippen LogP contribution >= 0.6 is 0 Å². The lowest BCUT2D eigenvalue weighted by molar-refractivity contribution is 0.601. The van der Waals surface area contributed by atoms with Crippen LogP contribution < -0.4 is 0 Å². The predicted molar refractivity (Wildman–Crippen MR) is 56.3 cm³/mol. The van der Waals surface area contributed by atoms with Crippen LogP contribution in [-0.4, -0.2) is 6.21 Å². The monoisotopic (exact) mass is 173 g/mol. The van der Waals surface area contributed by atoms with E-state index < -0.39 is 0 Å². The van der Waals surface area contributed by atoms with Crippen molar-refractivity contribution in [1.82, 2.24) is 0 Å². The molecule has 1 unspecified atom stereocenters. The maximum atomic E-state index is 4.54. The van der Waals surface area contributed by atoms with Crippen LogP contribution in [0.1, 0.15) is 36.4 Å². The maximum absolute atomic E-state index is 4.54. The van der Waals surface area contributed by atoms with Crippen molar-refractivity contribution in [2.45, 2.75) is 32.2 Å². The van der Waals surface area contributed by atoms with E-state index >= 15 is 0 Å². The zero-order valence-electron chi connectivity index (χ0n) is 8.03. The highest BCUT2D eigenvalue weighted by Gasteiger charge is 2.13. The third-order valence-corrected chi connectivity index (χ3v) is 2.64. The van der Waals surface area contributed by atoms with Crippen molar-refractivity contribution in [2.24, 2.45) is 4.99 Å². The smallest absolute Gasteiger partial charge is 0.0747 e. The summed E-state index contributed by atoms with van der Waals surface area (Å²) in [6, 6.07) is 8.98. The number of aryl methyl sites for hydroxylation is 1. The molecule has 68 valence electrons. The first kappa shape index (κ1) is 8.49. The van der Waals surface area contributed by atoms with Gasteiger partial charge in [0.1, 0.15) is 0 Å². The molecule has 1 nitrogen and oxygen atoms in total. The third-order valence-electron chi connectivity index (χ3n) is 2.64. The molecule has 1 aliphatic heterocycles. The van der Waals surface area contributed by atoms with Gasteiger partial charge in [-0.25, -0.2) is 0 Å². The number of hydrogen-bond donors (Lipinski definition) is 0. The Hall–Kier alpha value is -1.11. The molecule has 0 aliphatic carbocycles. The van der Waals surface area contributed by atoms with Crippen LogP contribution in [0, 0.1) is 6.92 Å². The Morgan fingerprint density at radius 3 is 2.85 bits per heavy atom. The lowest BCUT2D eigenvalue weighted by Gasteiger charge is -2.17. The summed E-state index contributed by atoms with van der Waals surface area (Å²) in [5.41, 5.74) is 2.77. The van der Waals surface area contributed by atoms with E-state index in [0.717, 1.165) is 6.42 Å². The molecule has 0 aromatic heterocycles. The molecule has 1 aromatic carbocycles. The van der Waals surface area contributed by atoms with Crippen LogP contribution in [0.2, 0.25) is 0 Å². The molecule has 0 spiro atoms. The average Bonchev–Trinajstić information content (AvgIpc) is 2.20. The number of rotatable bonds is 1. The van der Waals surface area contributed by atoms with E-state index in [1.807, 2.05) is 0 Å². The minimum absolute atomic E-state index is 0.426. The van der Waals surface area contributed by atoms with E-state index in [4.69, 9.17) is 0 Å². The van der Waals surface area contributed by atoms with E-state index in [1.165, 1.54) is 24.0 Å². The molecule has 1 atom stereocenters. The molecule has 0 bridgehead atoms. The summed E-state index contributed by atoms with van der Waals surface area (Å²) in [6.45, 7) is 2.17. The van der Waals surface area contributed by atoms with Crippen molar-refractivity contribution in [3.05, 3.63) is 35.4 Å². The summed E-state index contributed by atoms with van der Waals surface area (Å²) in [7, 11) is 0. The summed E-state index contributed by atoms with van der Waals surface area (Å²) in [5.74, 6) is 0. The summed E-state index contributed by atoms with van der Waals surface area (Å²) in [5, 5.41) is 0. The number of benzene rings is 1. The molecule has 0 N–H and O–H groups in total. The predicted octanol–water partition coefficient (Wildman–Crippen LogP) is 3.29. The third kappa shape index (κ3) is 1.80. The SMILES string of the molecule is Cc1ccccc1C1CCCC=N1. The summed E-state index contributed by atoms with van der Waals surface area (Å²) < 4.78 is 0. The first-order valence-electron chi connectivity index (χ1n) is 4.95. The molecule has 0 radical (unpaired) electrons. The Kier molecular flexibility index (Phi) is 2.44. The van der Waals surface area contributed by atoms with E-state index in [0.29, 0.717) is 6.04 Å². The van der Waals surface area contributed by atoms with E-state index in [9.17, 15) is 0 Å². The molecular formula is C12H15N. The van der Waals surface area contributed by atoms with Crippen LogP contribution in [-0.2, 0) is 0 Å². The molecule has 1 heterocycles. The second-order valence-corrected chi connectivity index (χ2v) is 3.63. The number of nitrogens with zero attached hydrogens (tertiary/aromatic N) is 1. The second kappa shape index (κ2) is 3.73. The molecule has 13 heavy (non-hydrogen) atoms. The Labute approximate surface area is 79.5 Å². The number of hydrogen-bond acceptors (Lipinski definition) is 1. The second-order valence-electron chi connectivity index (χ2n) is 3.63. The Balaban J connectivity index is 2.29. The van der Waals surface area contributed by atoms with Gasteiger partial charge in [0.25, 0.3) is 0 Å². The van der Waals surface area contributed by atoms with Gasteiger partial charge >= 0.3 is 0 Å². The maximum Gasteiger partial charge on any atom is 0.0747 e. The molecule has 0 saturated carbocycles. The minimum atomic E-state index is 0.426. The van der Waals surface area contributed by atoms with Crippen LogP contribution in [0.5, 0.6) is 0 Å². The van der Waals surface area contributed by atoms with Crippen LogP contribution in [0.4, 0.5) is 0 Å². The zero-order chi connectivity index (χ0) is 9.10. The Bertz CT molecular complexity index is 315. The highest BCUT2D eigenvalue weighted by atomic mass is 14.8. The van der Waals surface area contributed by atoms with Crippen LogP contribution in [0.25, 0.3) is 0 Å². The molecule has 0 fully saturated rings. The first-order valence-corrected chi connectivity index (χ1v) is 4.95. The van der Waals surface area contributed by atoms with Gasteiger partial charge in [-0.1, -0.05) is 24.3 Å². The summed E-state index contributed by atoms with van der Waals surface area (Å²) >= 11 is 0. The van der Waals surface area contributed by atoms with Crippen molar-refractivity contribution in [3.8, 4) is 0 Å². The molecule has 1 aliphatic rings. The molecule has 1 heteroatoms. The molecule has 0 amide bonds. The largest absolute Gasteiger partial charge is 0.289 e. The van der Waals surface area contributed by atoms with E-state index in [1.54, 1.807) is 0 Å². The topological polar surface area (TPSA) is 12.4 Å². The van der Waals surface area contributed by atoms with Gasteiger partial charge in [-0.15, -0.1) is 0 Å². The highest BCUT2D eigenvalue weighted by molar-refractivity contribution is 5.58. The average molecular weight is 173 g/mol. The minimum Gasteiger partial charge on any atom is -0.289 e. The van der Waals surface area contributed by atoms with Crippen molar-refractivity contribution >= 4 is 6.21 Å². The summed E-state index contributed by atoms with van der Waals surface area (Å²) in [6.07, 6.45) is 5.72. The molecule has 0 saturated heterocycles. The van der Waals surface area contributed by atoms with Crippen molar-refractivity contribution < 1.29 is 0 Å². The zero-order valence-corrected chi connectivity index (χ0v) is 8.03. The lowest BCUT2D eigenvalue weighted by Crippen LogP contribution is -2.03. The summed E-state index contributed by atoms with van der Waals surface area (Å²) in [4.78, 5) is 4.54. The molecule has 2 rings (SSSR count). The van der Waals surface area contributed by atoms with Crippen molar-refractivity contribution in [2.75, 3.05) is 0 Å². The lowest BCUT2D eigenvalue weighted by atomic mass is 9.96.